The molecule has 8 nitrogen and oxygen atoms in total. The van der Waals surface area contributed by atoms with Gasteiger partial charge in [-0.2, -0.15) is 5.26 Å². The van der Waals surface area contributed by atoms with Crippen LogP contribution in [0, 0.1) is 24.1 Å². The number of halogens is 1. The number of nitrogens with two attached hydrogens (primary N) is 1. The number of amidine groups is 1. The highest BCUT2D eigenvalue weighted by Crippen LogP contribution is 2.55. The molecule has 2 aliphatic heterocycles. The second-order valence-electron chi connectivity index (χ2n) is 9.59. The number of aromatic nitrogens is 1. The maximum absolute atomic E-state index is 15.3. The summed E-state index contributed by atoms with van der Waals surface area (Å²) >= 11 is 0. The van der Waals surface area contributed by atoms with Gasteiger partial charge in [0, 0.05) is 24.0 Å². The van der Waals surface area contributed by atoms with Crippen molar-refractivity contribution in [3.63, 3.8) is 0 Å². The fourth-order valence-electron chi connectivity index (χ4n) is 4.93. The van der Waals surface area contributed by atoms with Gasteiger partial charge in [-0.25, -0.2) is 17.9 Å². The van der Waals surface area contributed by atoms with E-state index in [1.165, 1.54) is 24.4 Å². The van der Waals surface area contributed by atoms with Gasteiger partial charge in [0.25, 0.3) is 5.91 Å². The Morgan fingerprint density at radius 3 is 2.62 bits per heavy atom. The van der Waals surface area contributed by atoms with E-state index in [4.69, 9.17) is 16.0 Å². The monoisotopic (exact) mass is 482 g/mol. The summed E-state index contributed by atoms with van der Waals surface area (Å²) in [6.07, 6.45) is 1.79. The van der Waals surface area contributed by atoms with Crippen molar-refractivity contribution >= 4 is 27.2 Å². The second-order valence-corrected chi connectivity index (χ2v) is 12.8. The third kappa shape index (κ3) is 3.06. The molecule has 0 unspecified atom stereocenters. The first-order chi connectivity index (χ1) is 15.8. The summed E-state index contributed by atoms with van der Waals surface area (Å²) in [6.45, 7) is 9.15. The minimum Gasteiger partial charge on any atom is -0.386 e. The Bertz CT molecular complexity index is 1420. The Morgan fingerprint density at radius 1 is 1.26 bits per heavy atom. The number of hydrogen-bond acceptors (Lipinski definition) is 7. The largest absolute Gasteiger partial charge is 0.386 e. The normalized spacial score (nSPS) is 29.4. The number of anilines is 1. The van der Waals surface area contributed by atoms with Crippen molar-refractivity contribution in [2.24, 2.45) is 15.1 Å². The van der Waals surface area contributed by atoms with E-state index < -0.39 is 36.5 Å². The molecule has 0 spiro atoms. The number of carbonyl (C=O) groups is 1. The van der Waals surface area contributed by atoms with Gasteiger partial charge >= 0.3 is 0 Å². The first-order valence-corrected chi connectivity index (χ1v) is 12.4. The Labute approximate surface area is 198 Å². The van der Waals surface area contributed by atoms with Crippen LogP contribution in [0.15, 0.2) is 39.8 Å². The molecular weight excluding hydrogens is 455 g/mol. The molecule has 0 bridgehead atoms. The van der Waals surface area contributed by atoms with Crippen LogP contribution in [0.2, 0.25) is 0 Å². The van der Waals surface area contributed by atoms with E-state index >= 15 is 4.39 Å². The standard InChI is InChI=1S/C24H27FN6O2S/c1-14-10-15(12-26)13-28-19(14)20(32)30-16-6-7-18(25)17(11-16)24(5)23(4)8-9-29-34(23,33)22(2,3)21(27)31-24/h6-7,10-11,13H,8-9H2,1-5H3,(H2,27,31)(H,30,32)/t23-,24-,34-/m1/s1. The molecule has 178 valence electrons. The quantitative estimate of drug-likeness (QED) is 0.689. The zero-order valence-electron chi connectivity index (χ0n) is 19.8. The maximum Gasteiger partial charge on any atom is 0.274 e. The van der Waals surface area contributed by atoms with Gasteiger partial charge in [0.05, 0.1) is 20.0 Å². The van der Waals surface area contributed by atoms with E-state index in [1.807, 2.05) is 13.0 Å². The van der Waals surface area contributed by atoms with E-state index in [2.05, 4.69) is 14.7 Å². The maximum atomic E-state index is 15.3. The fourth-order valence-corrected chi connectivity index (χ4v) is 8.40. The number of carbonyl (C=O) groups excluding carboxylic acids is 1. The molecule has 3 atom stereocenters. The van der Waals surface area contributed by atoms with Crippen LogP contribution >= 0.6 is 0 Å². The number of amides is 1. The van der Waals surface area contributed by atoms with Crippen molar-refractivity contribution in [1.29, 1.82) is 5.26 Å². The lowest BCUT2D eigenvalue weighted by atomic mass is 9.77. The number of aliphatic imine (C=N–C) groups is 1. The van der Waals surface area contributed by atoms with Crippen molar-refractivity contribution in [3.8, 4) is 6.07 Å². The molecule has 1 aromatic heterocycles. The highest BCUT2D eigenvalue weighted by atomic mass is 32.2. The number of fused-ring (bicyclic) bond motifs is 1. The third-order valence-corrected chi connectivity index (χ3v) is 11.3. The first-order valence-electron chi connectivity index (χ1n) is 10.9. The Kier molecular flexibility index (Phi) is 5.33. The van der Waals surface area contributed by atoms with E-state index in [-0.39, 0.29) is 17.1 Å². The molecule has 0 radical (unpaired) electrons. The molecule has 10 heteroatoms. The fraction of sp³-hybridized carbons (Fsp3) is 0.417. The molecule has 1 aromatic carbocycles. The molecule has 0 saturated carbocycles. The van der Waals surface area contributed by atoms with Crippen LogP contribution in [-0.4, -0.2) is 37.0 Å². The average Bonchev–Trinajstić information content (AvgIpc) is 3.11. The molecular formula is C24H27FN6O2S. The zero-order valence-corrected chi connectivity index (χ0v) is 20.6. The van der Waals surface area contributed by atoms with Crippen LogP contribution < -0.4 is 11.1 Å². The van der Waals surface area contributed by atoms with Crippen LogP contribution in [-0.2, 0) is 15.3 Å². The lowest BCUT2D eigenvalue weighted by molar-refractivity contribution is 0.102. The minimum atomic E-state index is -2.91. The third-order valence-electron chi connectivity index (χ3n) is 7.33. The van der Waals surface area contributed by atoms with Gasteiger partial charge < -0.3 is 11.1 Å². The Balaban J connectivity index is 1.80. The van der Waals surface area contributed by atoms with Crippen molar-refractivity contribution in [1.82, 2.24) is 4.98 Å². The average molecular weight is 483 g/mol. The molecule has 2 aliphatic rings. The van der Waals surface area contributed by atoms with Crippen LogP contribution in [0.5, 0.6) is 0 Å². The first kappa shape index (κ1) is 23.8. The van der Waals surface area contributed by atoms with Crippen LogP contribution in [0.4, 0.5) is 10.1 Å². The molecule has 34 heavy (non-hydrogen) atoms. The molecule has 0 aliphatic carbocycles. The van der Waals surface area contributed by atoms with Gasteiger partial charge in [0.1, 0.15) is 33.7 Å². The Hall–Kier alpha value is -3.32. The number of benzene rings is 1. The summed E-state index contributed by atoms with van der Waals surface area (Å²) < 4.78 is 32.1. The van der Waals surface area contributed by atoms with Crippen molar-refractivity contribution < 1.29 is 13.4 Å². The lowest BCUT2D eigenvalue weighted by Crippen LogP contribution is -2.64. The highest BCUT2D eigenvalue weighted by Gasteiger charge is 2.64. The van der Waals surface area contributed by atoms with Gasteiger partial charge in [0.2, 0.25) is 0 Å². The molecule has 0 saturated heterocycles. The van der Waals surface area contributed by atoms with Crippen LogP contribution in [0.25, 0.3) is 0 Å². The molecule has 4 rings (SSSR count). The van der Waals surface area contributed by atoms with E-state index in [1.54, 1.807) is 33.8 Å². The van der Waals surface area contributed by atoms with Gasteiger partial charge in [0.15, 0.2) is 0 Å². The molecule has 1 amide bonds. The van der Waals surface area contributed by atoms with Crippen LogP contribution in [0.1, 0.15) is 61.3 Å². The van der Waals surface area contributed by atoms with E-state index in [0.717, 1.165) is 0 Å². The number of nitrogens with zero attached hydrogens (tertiary/aromatic N) is 4. The van der Waals surface area contributed by atoms with Gasteiger partial charge in [-0.1, -0.05) is 0 Å². The molecule has 2 aromatic rings. The second kappa shape index (κ2) is 7.60. The van der Waals surface area contributed by atoms with Crippen molar-refractivity contribution in [2.45, 2.75) is 56.1 Å². The molecule has 3 heterocycles. The zero-order chi connectivity index (χ0) is 25.1. The number of aryl methyl sites for hydroxylation is 1. The van der Waals surface area contributed by atoms with E-state index in [0.29, 0.717) is 29.8 Å². The SMILES string of the molecule is Cc1cc(C#N)cnc1C(=O)Nc1ccc(F)c([C@@]2(C)N=C(N)C(C)(C)[S@]3(=O)=NCC[C@]23C)c1. The lowest BCUT2D eigenvalue weighted by Gasteiger charge is -2.51. The number of pyridine rings is 1. The Morgan fingerprint density at radius 2 is 1.97 bits per heavy atom. The number of rotatable bonds is 3. The van der Waals surface area contributed by atoms with E-state index in [9.17, 15) is 9.00 Å². The number of nitrogens with one attached hydrogen (secondary N) is 1. The summed E-state index contributed by atoms with van der Waals surface area (Å²) in [7, 11) is -2.91. The van der Waals surface area contributed by atoms with Crippen molar-refractivity contribution in [2.75, 3.05) is 11.9 Å². The van der Waals surface area contributed by atoms with Crippen molar-refractivity contribution in [3.05, 3.63) is 58.7 Å². The predicted molar refractivity (Wildman–Crippen MR) is 130 cm³/mol. The summed E-state index contributed by atoms with van der Waals surface area (Å²) in [4.78, 5) is 21.7. The predicted octanol–water partition coefficient (Wildman–Crippen LogP) is 3.65. The molecule has 0 fully saturated rings. The van der Waals surface area contributed by atoms with Crippen LogP contribution in [0.3, 0.4) is 0 Å². The summed E-state index contributed by atoms with van der Waals surface area (Å²) in [5.41, 5.74) is 6.58. The number of nitriles is 1. The topological polar surface area (TPSA) is 134 Å². The summed E-state index contributed by atoms with van der Waals surface area (Å²) in [5, 5.41) is 11.8. The minimum absolute atomic E-state index is 0.155. The van der Waals surface area contributed by atoms with Gasteiger partial charge in [-0.3, -0.25) is 9.79 Å². The molecule has 3 N–H and O–H groups in total. The van der Waals surface area contributed by atoms with Gasteiger partial charge in [-0.15, -0.1) is 0 Å². The van der Waals surface area contributed by atoms with Gasteiger partial charge in [-0.05, 0) is 70.9 Å². The smallest absolute Gasteiger partial charge is 0.274 e. The summed E-state index contributed by atoms with van der Waals surface area (Å²) in [5.74, 6) is -0.878. The highest BCUT2D eigenvalue weighted by molar-refractivity contribution is 7.97. The summed E-state index contributed by atoms with van der Waals surface area (Å²) in [6, 6.07) is 7.75. The number of hydrogen-bond donors (Lipinski definition) is 2.